The number of aromatic nitrogens is 1. The smallest absolute Gasteiger partial charge is 0.0557 e. The van der Waals surface area contributed by atoms with E-state index in [0.717, 1.165) is 10.7 Å². The topological polar surface area (TPSA) is 4.93 Å². The molecule has 0 amide bonds. The van der Waals surface area contributed by atoms with Crippen molar-refractivity contribution in [1.29, 1.82) is 0 Å². The largest absolute Gasteiger partial charge is 0.310 e. The van der Waals surface area contributed by atoms with Crippen molar-refractivity contribution in [1.82, 2.24) is 4.57 Å². The van der Waals surface area contributed by atoms with E-state index >= 15 is 0 Å². The molecule has 0 bridgehead atoms. The second kappa shape index (κ2) is 5.79. The van der Waals surface area contributed by atoms with Crippen LogP contribution < -0.4 is 0 Å². The molecule has 27 heavy (non-hydrogen) atoms. The van der Waals surface area contributed by atoms with Crippen LogP contribution in [0.15, 0.2) is 94.9 Å². The number of hydrogen-bond acceptors (Lipinski definition) is 1. The lowest BCUT2D eigenvalue weighted by Crippen LogP contribution is -2.14. The van der Waals surface area contributed by atoms with Gasteiger partial charge in [-0.2, -0.15) is 0 Å². The maximum Gasteiger partial charge on any atom is 0.0557 e. The van der Waals surface area contributed by atoms with Crippen molar-refractivity contribution in [2.45, 2.75) is 16.1 Å². The van der Waals surface area contributed by atoms with Gasteiger partial charge in [0.15, 0.2) is 0 Å². The number of para-hydroxylation sites is 2. The zero-order chi connectivity index (χ0) is 18.0. The fourth-order valence-electron chi connectivity index (χ4n) is 4.44. The summed E-state index contributed by atoms with van der Waals surface area (Å²) in [6.45, 7) is 0. The maximum atomic E-state index is 6.81. The van der Waals surface area contributed by atoms with E-state index in [2.05, 4.69) is 89.5 Å². The van der Waals surface area contributed by atoms with E-state index in [-0.39, 0.29) is 0 Å². The molecule has 0 N–H and O–H groups in total. The van der Waals surface area contributed by atoms with Gasteiger partial charge in [0.05, 0.1) is 16.3 Å². The van der Waals surface area contributed by atoms with Gasteiger partial charge in [0.2, 0.25) is 0 Å². The van der Waals surface area contributed by atoms with Crippen LogP contribution in [0.4, 0.5) is 0 Å². The number of rotatable bonds is 1. The summed E-state index contributed by atoms with van der Waals surface area (Å²) in [5.41, 5.74) is 5.00. The van der Waals surface area contributed by atoms with Gasteiger partial charge in [-0.15, -0.1) is 11.8 Å². The van der Waals surface area contributed by atoms with E-state index in [0.29, 0.717) is 11.2 Å². The average Bonchev–Trinajstić information content (AvgIpc) is 3.24. The SMILES string of the molecule is ClC1=CC(n2c3ccccc3c3ccccc32)=CC2c3ccccc3SC12. The van der Waals surface area contributed by atoms with Crippen LogP contribution in [0, 0.1) is 0 Å². The minimum atomic E-state index is 0.293. The predicted molar refractivity (Wildman–Crippen MR) is 116 cm³/mol. The van der Waals surface area contributed by atoms with E-state index in [9.17, 15) is 0 Å². The highest BCUT2D eigenvalue weighted by Crippen LogP contribution is 2.52. The van der Waals surface area contributed by atoms with Crippen molar-refractivity contribution in [3.63, 3.8) is 0 Å². The summed E-state index contributed by atoms with van der Waals surface area (Å²) < 4.78 is 2.36. The Balaban J connectivity index is 1.64. The van der Waals surface area contributed by atoms with Gasteiger partial charge < -0.3 is 4.57 Å². The van der Waals surface area contributed by atoms with Gasteiger partial charge in [-0.3, -0.25) is 0 Å². The number of hydrogen-bond donors (Lipinski definition) is 0. The Morgan fingerprint density at radius 1 is 0.778 bits per heavy atom. The first-order valence-electron chi connectivity index (χ1n) is 9.14. The van der Waals surface area contributed by atoms with Crippen LogP contribution in [0.25, 0.3) is 27.5 Å². The second-order valence-electron chi connectivity index (χ2n) is 7.09. The van der Waals surface area contributed by atoms with Gasteiger partial charge in [-0.25, -0.2) is 0 Å². The van der Waals surface area contributed by atoms with Crippen molar-refractivity contribution >= 4 is 50.9 Å². The third-order valence-corrected chi connectivity index (χ3v) is 7.50. The molecule has 2 atom stereocenters. The lowest BCUT2D eigenvalue weighted by Gasteiger charge is -2.23. The molecular weight excluding hydrogens is 370 g/mol. The Kier molecular flexibility index (Phi) is 3.35. The van der Waals surface area contributed by atoms with Crippen LogP contribution >= 0.6 is 23.4 Å². The van der Waals surface area contributed by atoms with E-state index in [4.69, 9.17) is 11.6 Å². The molecule has 0 saturated heterocycles. The second-order valence-corrected chi connectivity index (χ2v) is 8.71. The summed E-state index contributed by atoms with van der Waals surface area (Å²) in [6, 6.07) is 25.9. The third kappa shape index (κ3) is 2.20. The van der Waals surface area contributed by atoms with Crippen molar-refractivity contribution in [2.75, 3.05) is 0 Å². The molecule has 2 unspecified atom stereocenters. The van der Waals surface area contributed by atoms with Gasteiger partial charge in [-0.1, -0.05) is 72.3 Å². The Morgan fingerprint density at radius 3 is 2.15 bits per heavy atom. The normalized spacial score (nSPS) is 21.1. The minimum absolute atomic E-state index is 0.293. The molecule has 3 aromatic carbocycles. The summed E-state index contributed by atoms with van der Waals surface area (Å²) in [4.78, 5) is 1.35. The zero-order valence-corrected chi connectivity index (χ0v) is 16.0. The van der Waals surface area contributed by atoms with Gasteiger partial charge >= 0.3 is 0 Å². The first-order chi connectivity index (χ1) is 13.3. The predicted octanol–water partition coefficient (Wildman–Crippen LogP) is 7.03. The van der Waals surface area contributed by atoms with Crippen LogP contribution in [0.1, 0.15) is 11.5 Å². The highest BCUT2D eigenvalue weighted by Gasteiger charge is 2.36. The molecule has 1 aliphatic heterocycles. The monoisotopic (exact) mass is 385 g/mol. The van der Waals surface area contributed by atoms with E-state index in [1.807, 2.05) is 11.8 Å². The van der Waals surface area contributed by atoms with Gasteiger partial charge in [-0.05, 0) is 29.8 Å². The fourth-order valence-corrected chi connectivity index (χ4v) is 6.14. The molecule has 2 heterocycles. The maximum absolute atomic E-state index is 6.81. The zero-order valence-electron chi connectivity index (χ0n) is 14.5. The highest BCUT2D eigenvalue weighted by atomic mass is 35.5. The molecule has 130 valence electrons. The molecule has 6 rings (SSSR count). The quantitative estimate of drug-likeness (QED) is 0.340. The van der Waals surface area contributed by atoms with Gasteiger partial charge in [0.25, 0.3) is 0 Å². The van der Waals surface area contributed by atoms with E-state index in [1.54, 1.807) is 0 Å². The summed E-state index contributed by atoms with van der Waals surface area (Å²) in [5, 5.41) is 3.78. The number of halogens is 1. The molecule has 3 heteroatoms. The van der Waals surface area contributed by atoms with Crippen LogP contribution in [-0.4, -0.2) is 9.82 Å². The Bertz CT molecular complexity index is 1230. The molecule has 1 aliphatic carbocycles. The summed E-state index contributed by atoms with van der Waals surface area (Å²) >= 11 is 8.69. The highest BCUT2D eigenvalue weighted by molar-refractivity contribution is 8.00. The van der Waals surface area contributed by atoms with Gasteiger partial charge in [0.1, 0.15) is 0 Å². The summed E-state index contributed by atoms with van der Waals surface area (Å²) in [7, 11) is 0. The number of fused-ring (bicyclic) bond motifs is 6. The van der Waals surface area contributed by atoms with E-state index in [1.165, 1.54) is 32.3 Å². The van der Waals surface area contributed by atoms with Crippen molar-refractivity contribution in [3.8, 4) is 0 Å². The molecular formula is C24H16ClNS. The molecule has 0 radical (unpaired) electrons. The molecule has 0 fully saturated rings. The van der Waals surface area contributed by atoms with Crippen molar-refractivity contribution in [2.24, 2.45) is 0 Å². The number of benzene rings is 3. The average molecular weight is 386 g/mol. The first-order valence-corrected chi connectivity index (χ1v) is 10.4. The first kappa shape index (κ1) is 15.6. The van der Waals surface area contributed by atoms with Crippen LogP contribution in [-0.2, 0) is 0 Å². The van der Waals surface area contributed by atoms with Crippen molar-refractivity contribution < 1.29 is 0 Å². The number of thioether (sulfide) groups is 1. The third-order valence-electron chi connectivity index (χ3n) is 5.60. The van der Waals surface area contributed by atoms with Crippen LogP contribution in [0.5, 0.6) is 0 Å². The molecule has 0 spiro atoms. The van der Waals surface area contributed by atoms with Crippen molar-refractivity contribution in [3.05, 3.63) is 95.5 Å². The lowest BCUT2D eigenvalue weighted by molar-refractivity contribution is 0.865. The van der Waals surface area contributed by atoms with E-state index < -0.39 is 0 Å². The Morgan fingerprint density at radius 2 is 1.41 bits per heavy atom. The molecule has 2 aliphatic rings. The Labute approximate surface area is 166 Å². The standard InChI is InChI=1S/C24H16ClNS/c25-20-14-15(13-19-18-9-3-6-12-23(18)27-24(19)20)26-21-10-4-1-7-16(21)17-8-2-5-11-22(17)26/h1-14,19,24H. The number of allylic oxidation sites excluding steroid dienone is 3. The molecule has 4 aromatic rings. The minimum Gasteiger partial charge on any atom is -0.310 e. The fraction of sp³-hybridized carbons (Fsp3) is 0.0833. The number of nitrogens with zero attached hydrogens (tertiary/aromatic N) is 1. The summed E-state index contributed by atoms with van der Waals surface area (Å²) in [6.07, 6.45) is 4.55. The lowest BCUT2D eigenvalue weighted by atomic mass is 9.91. The van der Waals surface area contributed by atoms with Crippen LogP contribution in [0.2, 0.25) is 0 Å². The molecule has 1 nitrogen and oxygen atoms in total. The Hall–Kier alpha value is -2.42. The van der Waals surface area contributed by atoms with Gasteiger partial charge in [0, 0.05) is 32.3 Å². The summed E-state index contributed by atoms with van der Waals surface area (Å²) in [5.74, 6) is 0.318. The molecule has 0 saturated carbocycles. The molecule has 1 aromatic heterocycles. The van der Waals surface area contributed by atoms with Crippen LogP contribution in [0.3, 0.4) is 0 Å².